The molecule has 1 aromatic heterocycles. The van der Waals surface area contributed by atoms with Gasteiger partial charge in [0.25, 0.3) is 0 Å². The van der Waals surface area contributed by atoms with E-state index in [1.165, 1.54) is 18.4 Å². The molecule has 1 aromatic rings. The molecule has 13 heavy (non-hydrogen) atoms. The molecule has 0 spiro atoms. The van der Waals surface area contributed by atoms with E-state index in [2.05, 4.69) is 36.3 Å². The number of H-pyrrole nitrogens is 1. The van der Waals surface area contributed by atoms with Gasteiger partial charge in [0, 0.05) is 23.8 Å². The van der Waals surface area contributed by atoms with Gasteiger partial charge in [-0.25, -0.2) is 0 Å². The van der Waals surface area contributed by atoms with Crippen molar-refractivity contribution in [2.24, 2.45) is 0 Å². The summed E-state index contributed by atoms with van der Waals surface area (Å²) in [5, 5.41) is 10.3. The molecular weight excluding hydrogens is 162 g/mol. The zero-order valence-electron chi connectivity index (χ0n) is 8.67. The molecule has 0 aliphatic carbocycles. The van der Waals surface area contributed by atoms with Gasteiger partial charge in [0.1, 0.15) is 0 Å². The number of rotatable bonds is 5. The van der Waals surface area contributed by atoms with Gasteiger partial charge in [0.15, 0.2) is 0 Å². The molecule has 0 radical (unpaired) electrons. The molecule has 1 rings (SSSR count). The molecule has 2 N–H and O–H groups in total. The summed E-state index contributed by atoms with van der Waals surface area (Å²) in [6.07, 6.45) is 6.27. The Morgan fingerprint density at radius 2 is 2.31 bits per heavy atom. The zero-order valence-corrected chi connectivity index (χ0v) is 8.67. The highest BCUT2D eigenvalue weighted by Crippen LogP contribution is 2.11. The highest BCUT2D eigenvalue weighted by molar-refractivity contribution is 5.07. The molecule has 0 aliphatic heterocycles. The quantitative estimate of drug-likeness (QED) is 0.731. The monoisotopic (exact) mass is 181 g/mol. The van der Waals surface area contributed by atoms with Crippen LogP contribution >= 0.6 is 0 Å². The smallest absolute Gasteiger partial charge is 0.0534 e. The van der Waals surface area contributed by atoms with Crippen LogP contribution in [-0.2, 0) is 0 Å². The molecule has 1 heterocycles. The molecule has 2 atom stereocenters. The van der Waals surface area contributed by atoms with Crippen molar-refractivity contribution in [3.8, 4) is 0 Å². The number of nitrogens with one attached hydrogen (secondary N) is 2. The lowest BCUT2D eigenvalue weighted by molar-refractivity contribution is 0.453. The van der Waals surface area contributed by atoms with Crippen molar-refractivity contribution in [2.45, 2.75) is 45.7 Å². The minimum Gasteiger partial charge on any atom is -0.308 e. The maximum absolute atomic E-state index is 3.93. The van der Waals surface area contributed by atoms with Gasteiger partial charge < -0.3 is 5.32 Å². The van der Waals surface area contributed by atoms with Crippen molar-refractivity contribution in [1.29, 1.82) is 0 Å². The van der Waals surface area contributed by atoms with E-state index < -0.39 is 0 Å². The topological polar surface area (TPSA) is 40.7 Å². The van der Waals surface area contributed by atoms with Gasteiger partial charge in [-0.1, -0.05) is 13.3 Å². The van der Waals surface area contributed by atoms with Crippen molar-refractivity contribution in [2.75, 3.05) is 0 Å². The molecule has 0 bridgehead atoms. The van der Waals surface area contributed by atoms with Gasteiger partial charge in [0.2, 0.25) is 0 Å². The minimum atomic E-state index is 0.389. The predicted molar refractivity (Wildman–Crippen MR) is 54.5 cm³/mol. The number of aromatic amines is 1. The van der Waals surface area contributed by atoms with Crippen LogP contribution in [0.3, 0.4) is 0 Å². The Hall–Kier alpha value is -0.830. The van der Waals surface area contributed by atoms with Crippen molar-refractivity contribution in [1.82, 2.24) is 15.5 Å². The Balaban J connectivity index is 2.37. The first-order valence-corrected chi connectivity index (χ1v) is 4.98. The van der Waals surface area contributed by atoms with E-state index >= 15 is 0 Å². The highest BCUT2D eigenvalue weighted by atomic mass is 15.1. The molecule has 0 saturated carbocycles. The maximum atomic E-state index is 3.93. The normalized spacial score (nSPS) is 15.6. The van der Waals surface area contributed by atoms with Crippen LogP contribution in [0.4, 0.5) is 0 Å². The first kappa shape index (κ1) is 10.3. The molecule has 74 valence electrons. The van der Waals surface area contributed by atoms with Crippen LogP contribution in [0, 0.1) is 0 Å². The lowest BCUT2D eigenvalue weighted by atomic mass is 10.1. The van der Waals surface area contributed by atoms with Crippen LogP contribution in [-0.4, -0.2) is 16.2 Å². The molecule has 3 nitrogen and oxygen atoms in total. The first-order chi connectivity index (χ1) is 6.24. The van der Waals surface area contributed by atoms with Crippen molar-refractivity contribution in [3.63, 3.8) is 0 Å². The second-order valence-corrected chi connectivity index (χ2v) is 3.61. The maximum Gasteiger partial charge on any atom is 0.0534 e. The molecule has 0 aliphatic rings. The Kier molecular flexibility index (Phi) is 3.96. The van der Waals surface area contributed by atoms with Gasteiger partial charge >= 0.3 is 0 Å². The number of nitrogens with zero attached hydrogens (tertiary/aromatic N) is 1. The Labute approximate surface area is 79.9 Å². The third-order valence-electron chi connectivity index (χ3n) is 2.28. The van der Waals surface area contributed by atoms with E-state index in [9.17, 15) is 0 Å². The summed E-state index contributed by atoms with van der Waals surface area (Å²) in [4.78, 5) is 0. The fraction of sp³-hybridized carbons (Fsp3) is 0.700. The average Bonchev–Trinajstić information content (AvgIpc) is 2.55. The van der Waals surface area contributed by atoms with Crippen molar-refractivity contribution < 1.29 is 0 Å². The summed E-state index contributed by atoms with van der Waals surface area (Å²) in [6.45, 7) is 6.60. The van der Waals surface area contributed by atoms with Gasteiger partial charge in [-0.05, 0) is 20.3 Å². The summed E-state index contributed by atoms with van der Waals surface area (Å²) < 4.78 is 0. The molecule has 0 saturated heterocycles. The zero-order chi connectivity index (χ0) is 9.68. The summed E-state index contributed by atoms with van der Waals surface area (Å²) in [5.74, 6) is 0. The number of hydrogen-bond donors (Lipinski definition) is 2. The van der Waals surface area contributed by atoms with Crippen molar-refractivity contribution in [3.05, 3.63) is 18.0 Å². The summed E-state index contributed by atoms with van der Waals surface area (Å²) in [7, 11) is 0. The standard InChI is InChI=1S/C10H19N3/c1-4-5-8(2)13-9(3)10-6-11-12-7-10/h6-9,13H,4-5H2,1-3H3,(H,11,12). The SMILES string of the molecule is CCCC(C)NC(C)c1cn[nH]c1. The fourth-order valence-electron chi connectivity index (χ4n) is 1.54. The Morgan fingerprint density at radius 3 is 2.85 bits per heavy atom. The highest BCUT2D eigenvalue weighted by Gasteiger charge is 2.08. The predicted octanol–water partition coefficient (Wildman–Crippen LogP) is 2.25. The lowest BCUT2D eigenvalue weighted by Gasteiger charge is -2.18. The van der Waals surface area contributed by atoms with Crippen LogP contribution in [0.25, 0.3) is 0 Å². The van der Waals surface area contributed by atoms with Crippen LogP contribution < -0.4 is 5.32 Å². The molecular formula is C10H19N3. The number of hydrogen-bond acceptors (Lipinski definition) is 2. The van der Waals surface area contributed by atoms with Crippen LogP contribution in [0.2, 0.25) is 0 Å². The van der Waals surface area contributed by atoms with Crippen LogP contribution in [0.15, 0.2) is 12.4 Å². The van der Waals surface area contributed by atoms with Crippen molar-refractivity contribution >= 4 is 0 Å². The van der Waals surface area contributed by atoms with Gasteiger partial charge in [-0.3, -0.25) is 5.10 Å². The lowest BCUT2D eigenvalue weighted by Crippen LogP contribution is -2.28. The molecule has 3 heteroatoms. The second kappa shape index (κ2) is 5.02. The third-order valence-corrected chi connectivity index (χ3v) is 2.28. The van der Waals surface area contributed by atoms with E-state index in [4.69, 9.17) is 0 Å². The van der Waals surface area contributed by atoms with Gasteiger partial charge in [-0.15, -0.1) is 0 Å². The Bertz CT molecular complexity index is 218. The molecule has 0 amide bonds. The summed E-state index contributed by atoms with van der Waals surface area (Å²) in [6, 6.07) is 0.968. The minimum absolute atomic E-state index is 0.389. The first-order valence-electron chi connectivity index (χ1n) is 4.98. The molecule has 2 unspecified atom stereocenters. The molecule has 0 aromatic carbocycles. The third kappa shape index (κ3) is 3.19. The van der Waals surface area contributed by atoms with Gasteiger partial charge in [0.05, 0.1) is 6.20 Å². The molecule has 0 fully saturated rings. The van der Waals surface area contributed by atoms with Crippen LogP contribution in [0.1, 0.15) is 45.2 Å². The fourth-order valence-corrected chi connectivity index (χ4v) is 1.54. The van der Waals surface area contributed by atoms with Gasteiger partial charge in [-0.2, -0.15) is 5.10 Å². The second-order valence-electron chi connectivity index (χ2n) is 3.61. The van der Waals surface area contributed by atoms with E-state index in [1.807, 2.05) is 12.4 Å². The van der Waals surface area contributed by atoms with E-state index in [-0.39, 0.29) is 0 Å². The summed E-state index contributed by atoms with van der Waals surface area (Å²) in [5.41, 5.74) is 1.22. The van der Waals surface area contributed by atoms with E-state index in [0.717, 1.165) is 0 Å². The number of aromatic nitrogens is 2. The van der Waals surface area contributed by atoms with E-state index in [1.54, 1.807) is 0 Å². The summed E-state index contributed by atoms with van der Waals surface area (Å²) >= 11 is 0. The van der Waals surface area contributed by atoms with E-state index in [0.29, 0.717) is 12.1 Å². The largest absolute Gasteiger partial charge is 0.308 e. The average molecular weight is 181 g/mol. The van der Waals surface area contributed by atoms with Crippen LogP contribution in [0.5, 0.6) is 0 Å². The Morgan fingerprint density at radius 1 is 1.54 bits per heavy atom.